The Balaban J connectivity index is 2.53. The predicted octanol–water partition coefficient (Wildman–Crippen LogP) is -2.88. The van der Waals surface area contributed by atoms with Crippen molar-refractivity contribution in [2.24, 2.45) is 11.5 Å². The minimum absolute atomic E-state index is 0.00685. The van der Waals surface area contributed by atoms with Gasteiger partial charge in [0.05, 0.1) is 18.6 Å². The Kier molecular flexibility index (Phi) is 4.88. The number of carbonyl (C=O) groups is 2. The number of amides is 2. The average molecular weight is 245 g/mol. The fraction of sp³-hybridized carbons (Fsp3) is 0.750. The lowest BCUT2D eigenvalue weighted by Gasteiger charge is -2.24. The van der Waals surface area contributed by atoms with Gasteiger partial charge < -0.3 is 21.5 Å². The number of hydroxylamine groups is 2. The van der Waals surface area contributed by atoms with Crippen molar-refractivity contribution >= 4 is 18.9 Å². The van der Waals surface area contributed by atoms with Crippen molar-refractivity contribution in [3.05, 3.63) is 0 Å². The molecular weight excluding hydrogens is 229 g/mol. The van der Waals surface area contributed by atoms with Crippen molar-refractivity contribution in [1.29, 1.82) is 0 Å². The van der Waals surface area contributed by atoms with Gasteiger partial charge in [0.1, 0.15) is 0 Å². The smallest absolute Gasteiger partial charge is 0.426 e. The quantitative estimate of drug-likeness (QED) is 0.384. The average Bonchev–Trinajstić information content (AvgIpc) is 2.73. The molecule has 8 nitrogen and oxygen atoms in total. The first-order chi connectivity index (χ1) is 7.93. The molecule has 1 aliphatic rings. The molecule has 1 heterocycles. The summed E-state index contributed by atoms with van der Waals surface area (Å²) in [6.07, 6.45) is 0.418. The zero-order valence-electron chi connectivity index (χ0n) is 9.28. The predicted molar refractivity (Wildman–Crippen MR) is 57.8 cm³/mol. The first kappa shape index (κ1) is 13.9. The highest BCUT2D eigenvalue weighted by Gasteiger charge is 2.40. The van der Waals surface area contributed by atoms with Crippen LogP contribution in [0, 0.1) is 0 Å². The zero-order valence-corrected chi connectivity index (χ0v) is 9.28. The largest absolute Gasteiger partial charge is 0.478 e. The van der Waals surface area contributed by atoms with Gasteiger partial charge in [0, 0.05) is 6.42 Å². The molecule has 0 bridgehead atoms. The molecule has 1 saturated heterocycles. The molecule has 1 aliphatic heterocycles. The summed E-state index contributed by atoms with van der Waals surface area (Å²) in [5.41, 5.74) is 10.5. The van der Waals surface area contributed by atoms with Gasteiger partial charge in [0.15, 0.2) is 0 Å². The molecular formula is C8H16BN3O5. The van der Waals surface area contributed by atoms with Crippen LogP contribution in [0.1, 0.15) is 19.3 Å². The molecule has 2 atom stereocenters. The van der Waals surface area contributed by atoms with Gasteiger partial charge in [-0.1, -0.05) is 0 Å². The number of primary amides is 1. The molecule has 0 aromatic heterocycles. The molecule has 1 rings (SSSR count). The summed E-state index contributed by atoms with van der Waals surface area (Å²) in [6.45, 7) is 0.219. The van der Waals surface area contributed by atoms with E-state index in [1.807, 2.05) is 0 Å². The first-order valence-electron chi connectivity index (χ1n) is 5.29. The van der Waals surface area contributed by atoms with Crippen molar-refractivity contribution in [3.63, 3.8) is 0 Å². The molecule has 0 saturated carbocycles. The van der Waals surface area contributed by atoms with E-state index < -0.39 is 30.9 Å². The molecule has 2 amide bonds. The number of nitrogens with two attached hydrogens (primary N) is 2. The Hall–Kier alpha value is -1.16. The normalized spacial score (nSPS) is 21.4. The molecule has 0 aromatic carbocycles. The lowest BCUT2D eigenvalue weighted by Crippen LogP contribution is -2.50. The number of carbonyl (C=O) groups excluding carboxylic acids is 2. The van der Waals surface area contributed by atoms with Gasteiger partial charge in [-0.05, 0) is 12.8 Å². The van der Waals surface area contributed by atoms with Crippen molar-refractivity contribution in [2.75, 3.05) is 6.61 Å². The summed E-state index contributed by atoms with van der Waals surface area (Å²) >= 11 is 0. The van der Waals surface area contributed by atoms with Gasteiger partial charge in [0.2, 0.25) is 5.91 Å². The van der Waals surface area contributed by atoms with Crippen LogP contribution >= 0.6 is 0 Å². The fourth-order valence-electron chi connectivity index (χ4n) is 1.57. The summed E-state index contributed by atoms with van der Waals surface area (Å²) in [5.74, 6) is -1.95. The van der Waals surface area contributed by atoms with E-state index in [9.17, 15) is 9.59 Å². The standard InChI is InChI=1S/C8H16BN3O5/c10-5(1-2-7(11)13)8(14)12-6(9(15)16)3-4-17-12/h5-6,15-16H,1-4,10H2,(H2,11,13)/t5-,6?/m0/s1. The lowest BCUT2D eigenvalue weighted by molar-refractivity contribution is -0.174. The van der Waals surface area contributed by atoms with E-state index in [4.69, 9.17) is 26.4 Å². The third kappa shape index (κ3) is 3.67. The van der Waals surface area contributed by atoms with E-state index in [0.717, 1.165) is 5.06 Å². The summed E-state index contributed by atoms with van der Waals surface area (Å²) in [6, 6.07) is -0.943. The van der Waals surface area contributed by atoms with Crippen LogP contribution in [0.4, 0.5) is 0 Å². The second kappa shape index (κ2) is 5.96. The Morgan fingerprint density at radius 1 is 1.53 bits per heavy atom. The van der Waals surface area contributed by atoms with E-state index >= 15 is 0 Å². The molecule has 9 heteroatoms. The molecule has 0 aromatic rings. The van der Waals surface area contributed by atoms with Gasteiger partial charge in [-0.25, -0.2) is 5.06 Å². The molecule has 0 spiro atoms. The third-order valence-corrected chi connectivity index (χ3v) is 2.53. The van der Waals surface area contributed by atoms with Crippen LogP contribution in [-0.4, -0.2) is 52.6 Å². The number of rotatable bonds is 5. The number of hydrogen-bond acceptors (Lipinski definition) is 6. The molecule has 1 fully saturated rings. The van der Waals surface area contributed by atoms with Gasteiger partial charge in [-0.15, -0.1) is 0 Å². The van der Waals surface area contributed by atoms with Crippen LogP contribution in [0.2, 0.25) is 0 Å². The highest BCUT2D eigenvalue weighted by Crippen LogP contribution is 2.17. The summed E-state index contributed by atoms with van der Waals surface area (Å²) in [5, 5.41) is 18.9. The van der Waals surface area contributed by atoms with Crippen molar-refractivity contribution in [3.8, 4) is 0 Å². The van der Waals surface area contributed by atoms with Crippen molar-refractivity contribution < 1.29 is 24.5 Å². The van der Waals surface area contributed by atoms with E-state index in [2.05, 4.69) is 0 Å². The van der Waals surface area contributed by atoms with Crippen LogP contribution in [-0.2, 0) is 14.4 Å². The van der Waals surface area contributed by atoms with Gasteiger partial charge >= 0.3 is 7.12 Å². The Morgan fingerprint density at radius 2 is 2.18 bits per heavy atom. The monoisotopic (exact) mass is 245 g/mol. The molecule has 6 N–H and O–H groups in total. The summed E-state index contributed by atoms with van der Waals surface area (Å²) in [4.78, 5) is 27.3. The maximum absolute atomic E-state index is 11.8. The number of nitrogens with zero attached hydrogens (tertiary/aromatic N) is 1. The van der Waals surface area contributed by atoms with Gasteiger partial charge in [-0.3, -0.25) is 14.4 Å². The van der Waals surface area contributed by atoms with E-state index in [0.29, 0.717) is 6.42 Å². The summed E-state index contributed by atoms with van der Waals surface area (Å²) < 4.78 is 0. The SMILES string of the molecule is NC(=O)CC[C@H](N)C(=O)N1OCCC1B(O)O. The minimum Gasteiger partial charge on any atom is -0.426 e. The highest BCUT2D eigenvalue weighted by atomic mass is 16.7. The second-order valence-corrected chi connectivity index (χ2v) is 3.88. The third-order valence-electron chi connectivity index (χ3n) is 2.53. The first-order valence-corrected chi connectivity index (χ1v) is 5.29. The van der Waals surface area contributed by atoms with E-state index in [-0.39, 0.29) is 19.4 Å². The van der Waals surface area contributed by atoms with Crippen LogP contribution in [0.5, 0.6) is 0 Å². The van der Waals surface area contributed by atoms with Crippen LogP contribution in [0.15, 0.2) is 0 Å². The lowest BCUT2D eigenvalue weighted by atomic mass is 9.77. The molecule has 1 unspecified atom stereocenters. The molecule has 96 valence electrons. The van der Waals surface area contributed by atoms with Crippen LogP contribution in [0.25, 0.3) is 0 Å². The Morgan fingerprint density at radius 3 is 2.71 bits per heavy atom. The van der Waals surface area contributed by atoms with Gasteiger partial charge in [-0.2, -0.15) is 0 Å². The maximum Gasteiger partial charge on any atom is 0.478 e. The van der Waals surface area contributed by atoms with Gasteiger partial charge in [0.25, 0.3) is 5.91 Å². The second-order valence-electron chi connectivity index (χ2n) is 3.88. The van der Waals surface area contributed by atoms with E-state index in [1.54, 1.807) is 0 Å². The summed E-state index contributed by atoms with van der Waals surface area (Å²) in [7, 11) is -1.68. The topological polar surface area (TPSA) is 139 Å². The van der Waals surface area contributed by atoms with Crippen LogP contribution < -0.4 is 11.5 Å². The van der Waals surface area contributed by atoms with Crippen molar-refractivity contribution in [2.45, 2.75) is 31.2 Å². The highest BCUT2D eigenvalue weighted by molar-refractivity contribution is 6.43. The molecule has 0 aliphatic carbocycles. The minimum atomic E-state index is -1.68. The number of hydrogen-bond donors (Lipinski definition) is 4. The zero-order chi connectivity index (χ0) is 13.0. The fourth-order valence-corrected chi connectivity index (χ4v) is 1.57. The Labute approximate surface area is 98.6 Å². The molecule has 0 radical (unpaired) electrons. The molecule has 17 heavy (non-hydrogen) atoms. The Bertz CT molecular complexity index is 301. The van der Waals surface area contributed by atoms with Crippen LogP contribution in [0.3, 0.4) is 0 Å². The van der Waals surface area contributed by atoms with Crippen molar-refractivity contribution in [1.82, 2.24) is 5.06 Å². The maximum atomic E-state index is 11.8. The van der Waals surface area contributed by atoms with E-state index in [1.165, 1.54) is 0 Å².